The summed E-state index contributed by atoms with van der Waals surface area (Å²) in [4.78, 5) is 13.8. The van der Waals surface area contributed by atoms with Crippen molar-refractivity contribution in [3.05, 3.63) is 47.0 Å². The molecule has 1 saturated heterocycles. The van der Waals surface area contributed by atoms with Crippen molar-refractivity contribution >= 4 is 22.0 Å². The molecule has 2 rings (SSSR count). The van der Waals surface area contributed by atoms with Gasteiger partial charge in [0.25, 0.3) is 0 Å². The van der Waals surface area contributed by atoms with Gasteiger partial charge in [-0.25, -0.2) is 4.79 Å². The lowest BCUT2D eigenvalue weighted by atomic mass is 10.1. The summed E-state index contributed by atoms with van der Waals surface area (Å²) in [6.07, 6.45) is 3.14. The van der Waals surface area contributed by atoms with Crippen molar-refractivity contribution in [3.8, 4) is 0 Å². The lowest BCUT2D eigenvalue weighted by molar-refractivity contribution is 0.0146. The van der Waals surface area contributed by atoms with Gasteiger partial charge in [-0.2, -0.15) is 0 Å². The predicted octanol–water partition coefficient (Wildman–Crippen LogP) is 4.30. The van der Waals surface area contributed by atoms with E-state index in [9.17, 15) is 4.79 Å². The van der Waals surface area contributed by atoms with Gasteiger partial charge in [0.05, 0.1) is 6.04 Å². The van der Waals surface area contributed by atoms with Crippen LogP contribution in [0.15, 0.2) is 41.4 Å². The van der Waals surface area contributed by atoms with E-state index in [0.29, 0.717) is 0 Å². The molecule has 3 nitrogen and oxygen atoms in total. The second-order valence-electron chi connectivity index (χ2n) is 4.74. The molecule has 1 fully saturated rings. The van der Waals surface area contributed by atoms with Crippen LogP contribution in [0.4, 0.5) is 4.79 Å². The van der Waals surface area contributed by atoms with Crippen molar-refractivity contribution in [2.24, 2.45) is 0 Å². The molecular formula is C15H18BrNO2. The summed E-state index contributed by atoms with van der Waals surface area (Å²) < 4.78 is 6.45. The number of amides is 1. The molecule has 0 radical (unpaired) electrons. The van der Waals surface area contributed by atoms with E-state index in [1.165, 1.54) is 0 Å². The van der Waals surface area contributed by atoms with Crippen LogP contribution in [0.25, 0.3) is 0 Å². The first kappa shape index (κ1) is 14.1. The van der Waals surface area contributed by atoms with E-state index in [2.05, 4.69) is 22.5 Å². The van der Waals surface area contributed by atoms with Crippen molar-refractivity contribution in [2.75, 3.05) is 6.54 Å². The number of rotatable bonds is 4. The molecular weight excluding hydrogens is 306 g/mol. The van der Waals surface area contributed by atoms with Crippen LogP contribution in [0.3, 0.4) is 0 Å². The molecule has 1 aromatic rings. The lowest BCUT2D eigenvalue weighted by Crippen LogP contribution is -2.43. The molecule has 0 aliphatic carbocycles. The molecule has 102 valence electrons. The number of carbonyl (C=O) groups is 1. The predicted molar refractivity (Wildman–Crippen MR) is 79.0 cm³/mol. The van der Waals surface area contributed by atoms with Crippen LogP contribution in [-0.2, 0) is 4.74 Å². The first-order valence-corrected chi connectivity index (χ1v) is 7.24. The third-order valence-corrected chi connectivity index (χ3v) is 3.97. The van der Waals surface area contributed by atoms with E-state index in [4.69, 9.17) is 4.74 Å². The molecule has 1 aliphatic rings. The first-order chi connectivity index (χ1) is 9.11. The molecule has 0 N–H and O–H groups in total. The molecule has 2 atom stereocenters. The molecule has 1 amide bonds. The summed E-state index contributed by atoms with van der Waals surface area (Å²) in [7, 11) is 0. The molecule has 19 heavy (non-hydrogen) atoms. The minimum atomic E-state index is -0.228. The average molecular weight is 324 g/mol. The summed E-state index contributed by atoms with van der Waals surface area (Å²) >= 11 is 3.41. The van der Waals surface area contributed by atoms with E-state index >= 15 is 0 Å². The lowest BCUT2D eigenvalue weighted by Gasteiger charge is -2.35. The fourth-order valence-electron chi connectivity index (χ4n) is 2.27. The second-order valence-corrected chi connectivity index (χ2v) is 5.66. The quantitative estimate of drug-likeness (QED) is 0.773. The number of nitrogens with zero attached hydrogens (tertiary/aromatic N) is 1. The SMILES string of the molecule is C=CC[C@@H]1CCN(C(C)c2ccc(Br)cc2)C(=O)O1. The Balaban J connectivity index is 2.04. The number of halogens is 1. The monoisotopic (exact) mass is 323 g/mol. The summed E-state index contributed by atoms with van der Waals surface area (Å²) in [5, 5.41) is 0. The maximum atomic E-state index is 12.0. The topological polar surface area (TPSA) is 29.5 Å². The standard InChI is InChI=1S/C15H18BrNO2/c1-3-4-14-9-10-17(15(18)19-14)11(2)12-5-7-13(16)8-6-12/h3,5-8,11,14H,1,4,9-10H2,2H3/t11?,14-/m1/s1. The average Bonchev–Trinajstić information content (AvgIpc) is 2.39. The number of hydrogen-bond acceptors (Lipinski definition) is 2. The summed E-state index contributed by atoms with van der Waals surface area (Å²) in [6.45, 7) is 6.44. The fourth-order valence-corrected chi connectivity index (χ4v) is 2.53. The highest BCUT2D eigenvalue weighted by Crippen LogP contribution is 2.26. The van der Waals surface area contributed by atoms with Crippen LogP contribution in [0.2, 0.25) is 0 Å². The van der Waals surface area contributed by atoms with Gasteiger partial charge in [-0.3, -0.25) is 0 Å². The van der Waals surface area contributed by atoms with E-state index < -0.39 is 0 Å². The minimum Gasteiger partial charge on any atom is -0.446 e. The Morgan fingerprint density at radius 3 is 2.79 bits per heavy atom. The molecule has 0 bridgehead atoms. The van der Waals surface area contributed by atoms with Crippen molar-refractivity contribution < 1.29 is 9.53 Å². The van der Waals surface area contributed by atoms with Gasteiger partial charge in [0.2, 0.25) is 0 Å². The third kappa shape index (κ3) is 3.38. The number of hydrogen-bond donors (Lipinski definition) is 0. The van der Waals surface area contributed by atoms with Gasteiger partial charge in [-0.1, -0.05) is 34.1 Å². The van der Waals surface area contributed by atoms with E-state index in [0.717, 1.165) is 29.4 Å². The zero-order valence-electron chi connectivity index (χ0n) is 11.0. The molecule has 1 aromatic carbocycles. The molecule has 4 heteroatoms. The zero-order chi connectivity index (χ0) is 13.8. The highest BCUT2D eigenvalue weighted by atomic mass is 79.9. The van der Waals surface area contributed by atoms with Crippen LogP contribution in [0, 0.1) is 0 Å². The van der Waals surface area contributed by atoms with E-state index in [-0.39, 0.29) is 18.2 Å². The van der Waals surface area contributed by atoms with Gasteiger partial charge in [-0.05, 0) is 24.6 Å². The maximum absolute atomic E-state index is 12.0. The van der Waals surface area contributed by atoms with Crippen molar-refractivity contribution in [1.29, 1.82) is 0 Å². The number of carbonyl (C=O) groups excluding carboxylic acids is 1. The van der Waals surface area contributed by atoms with Crippen LogP contribution in [-0.4, -0.2) is 23.6 Å². The van der Waals surface area contributed by atoms with Crippen LogP contribution < -0.4 is 0 Å². The van der Waals surface area contributed by atoms with Gasteiger partial charge in [0.15, 0.2) is 0 Å². The van der Waals surface area contributed by atoms with Gasteiger partial charge in [-0.15, -0.1) is 6.58 Å². The highest BCUT2D eigenvalue weighted by Gasteiger charge is 2.30. The van der Waals surface area contributed by atoms with E-state index in [1.807, 2.05) is 31.2 Å². The van der Waals surface area contributed by atoms with Gasteiger partial charge >= 0.3 is 6.09 Å². The maximum Gasteiger partial charge on any atom is 0.410 e. The third-order valence-electron chi connectivity index (χ3n) is 3.44. The van der Waals surface area contributed by atoms with Gasteiger partial charge in [0, 0.05) is 23.9 Å². The Kier molecular flexibility index (Phi) is 4.64. The Morgan fingerprint density at radius 2 is 2.21 bits per heavy atom. The minimum absolute atomic E-state index is 0.0154. The fraction of sp³-hybridized carbons (Fsp3) is 0.400. The largest absolute Gasteiger partial charge is 0.446 e. The summed E-state index contributed by atoms with van der Waals surface area (Å²) in [5.41, 5.74) is 1.11. The zero-order valence-corrected chi connectivity index (χ0v) is 12.6. The molecule has 0 spiro atoms. The highest BCUT2D eigenvalue weighted by molar-refractivity contribution is 9.10. The van der Waals surface area contributed by atoms with Gasteiger partial charge < -0.3 is 9.64 Å². The number of ether oxygens (including phenoxy) is 1. The summed E-state index contributed by atoms with van der Waals surface area (Å²) in [5.74, 6) is 0. The Labute approximate surface area is 122 Å². The molecule has 0 saturated carbocycles. The summed E-state index contributed by atoms with van der Waals surface area (Å²) in [6, 6.07) is 8.06. The van der Waals surface area contributed by atoms with Crippen LogP contribution >= 0.6 is 15.9 Å². The Bertz CT molecular complexity index is 458. The molecule has 1 unspecified atom stereocenters. The second kappa shape index (κ2) is 6.24. The van der Waals surface area contributed by atoms with Crippen LogP contribution in [0.1, 0.15) is 31.4 Å². The Morgan fingerprint density at radius 1 is 1.53 bits per heavy atom. The van der Waals surface area contributed by atoms with Gasteiger partial charge in [0.1, 0.15) is 6.10 Å². The molecule has 0 aromatic heterocycles. The normalized spacial score (nSPS) is 20.8. The van der Waals surface area contributed by atoms with Crippen molar-refractivity contribution in [1.82, 2.24) is 4.90 Å². The smallest absolute Gasteiger partial charge is 0.410 e. The number of cyclic esters (lactones) is 1. The Hall–Kier alpha value is -1.29. The molecule has 1 heterocycles. The van der Waals surface area contributed by atoms with Crippen LogP contribution in [0.5, 0.6) is 0 Å². The molecule has 1 aliphatic heterocycles. The number of benzene rings is 1. The van der Waals surface area contributed by atoms with E-state index in [1.54, 1.807) is 11.0 Å². The van der Waals surface area contributed by atoms with Crippen molar-refractivity contribution in [3.63, 3.8) is 0 Å². The van der Waals surface area contributed by atoms with Crippen molar-refractivity contribution in [2.45, 2.75) is 31.9 Å². The first-order valence-electron chi connectivity index (χ1n) is 6.45.